The van der Waals surface area contributed by atoms with Gasteiger partial charge in [-0.25, -0.2) is 0 Å². The third-order valence-electron chi connectivity index (χ3n) is 1.79. The average Bonchev–Trinajstić information content (AvgIpc) is 2.56. The molecular weight excluding hydrogens is 170 g/mol. The summed E-state index contributed by atoms with van der Waals surface area (Å²) >= 11 is 1.74. The van der Waals surface area contributed by atoms with E-state index in [1.807, 2.05) is 0 Å². The van der Waals surface area contributed by atoms with Gasteiger partial charge >= 0.3 is 0 Å². The SMILES string of the molecule is C#CCCNC(=O)C1CCCS1. The monoisotopic (exact) mass is 183 g/mol. The number of nitrogens with one attached hydrogen (secondary N) is 1. The first-order chi connectivity index (χ1) is 5.84. The van der Waals surface area contributed by atoms with Crippen molar-refractivity contribution in [3.63, 3.8) is 0 Å². The zero-order valence-corrected chi connectivity index (χ0v) is 7.82. The van der Waals surface area contributed by atoms with E-state index in [-0.39, 0.29) is 11.2 Å². The summed E-state index contributed by atoms with van der Waals surface area (Å²) < 4.78 is 0. The van der Waals surface area contributed by atoms with E-state index in [4.69, 9.17) is 6.42 Å². The lowest BCUT2D eigenvalue weighted by Gasteiger charge is -2.07. The van der Waals surface area contributed by atoms with Crippen molar-refractivity contribution in [1.82, 2.24) is 5.32 Å². The molecule has 0 aliphatic carbocycles. The Morgan fingerprint density at radius 3 is 3.17 bits per heavy atom. The van der Waals surface area contributed by atoms with E-state index in [1.54, 1.807) is 11.8 Å². The van der Waals surface area contributed by atoms with Crippen LogP contribution >= 0.6 is 11.8 Å². The first-order valence-electron chi connectivity index (χ1n) is 4.17. The van der Waals surface area contributed by atoms with Gasteiger partial charge in [-0.3, -0.25) is 4.79 Å². The first-order valence-corrected chi connectivity index (χ1v) is 5.22. The number of hydrogen-bond donors (Lipinski definition) is 1. The second-order valence-corrected chi connectivity index (χ2v) is 4.06. The normalized spacial score (nSPS) is 21.8. The molecule has 0 spiro atoms. The van der Waals surface area contributed by atoms with Crippen LogP contribution < -0.4 is 5.32 Å². The van der Waals surface area contributed by atoms with Crippen LogP contribution in [0.1, 0.15) is 19.3 Å². The van der Waals surface area contributed by atoms with E-state index in [1.165, 1.54) is 0 Å². The molecule has 0 aromatic heterocycles. The van der Waals surface area contributed by atoms with Crippen LogP contribution in [0.5, 0.6) is 0 Å². The Morgan fingerprint density at radius 2 is 2.58 bits per heavy atom. The minimum atomic E-state index is 0.160. The second kappa shape index (κ2) is 5.10. The molecule has 0 aromatic rings. The molecule has 2 nitrogen and oxygen atoms in total. The number of terminal acetylenes is 1. The molecule has 1 heterocycles. The molecule has 1 aliphatic rings. The van der Waals surface area contributed by atoms with Crippen LogP contribution in [-0.2, 0) is 4.79 Å². The van der Waals surface area contributed by atoms with Crippen LogP contribution in [0.4, 0.5) is 0 Å². The van der Waals surface area contributed by atoms with Crippen molar-refractivity contribution in [1.29, 1.82) is 0 Å². The number of carbonyl (C=O) groups is 1. The molecule has 1 unspecified atom stereocenters. The fourth-order valence-corrected chi connectivity index (χ4v) is 2.34. The predicted molar refractivity (Wildman–Crippen MR) is 51.9 cm³/mol. The highest BCUT2D eigenvalue weighted by atomic mass is 32.2. The van der Waals surface area contributed by atoms with Gasteiger partial charge in [0.25, 0.3) is 0 Å². The summed E-state index contributed by atoms with van der Waals surface area (Å²) in [4.78, 5) is 11.3. The maximum atomic E-state index is 11.3. The van der Waals surface area contributed by atoms with Gasteiger partial charge in [-0.15, -0.1) is 24.1 Å². The fraction of sp³-hybridized carbons (Fsp3) is 0.667. The molecule has 0 saturated carbocycles. The standard InChI is InChI=1S/C9H13NOS/c1-2-3-6-10-9(11)8-5-4-7-12-8/h1,8H,3-7H2,(H,10,11). The molecule has 0 aromatic carbocycles. The molecule has 1 saturated heterocycles. The number of amides is 1. The Bertz CT molecular complexity index is 191. The summed E-state index contributed by atoms with van der Waals surface area (Å²) in [7, 11) is 0. The van der Waals surface area contributed by atoms with Gasteiger partial charge in [0.15, 0.2) is 0 Å². The van der Waals surface area contributed by atoms with E-state index in [0.717, 1.165) is 18.6 Å². The smallest absolute Gasteiger partial charge is 0.233 e. The summed E-state index contributed by atoms with van der Waals surface area (Å²) in [5.41, 5.74) is 0. The van der Waals surface area contributed by atoms with Gasteiger partial charge in [0, 0.05) is 13.0 Å². The maximum absolute atomic E-state index is 11.3. The molecule has 1 rings (SSSR count). The maximum Gasteiger partial charge on any atom is 0.233 e. The van der Waals surface area contributed by atoms with Gasteiger partial charge in [-0.05, 0) is 18.6 Å². The van der Waals surface area contributed by atoms with Crippen LogP contribution in [0.15, 0.2) is 0 Å². The highest BCUT2D eigenvalue weighted by molar-refractivity contribution is 8.00. The fourth-order valence-electron chi connectivity index (χ4n) is 1.16. The van der Waals surface area contributed by atoms with Crippen LogP contribution in [0, 0.1) is 12.3 Å². The molecule has 0 bridgehead atoms. The molecular formula is C9H13NOS. The summed E-state index contributed by atoms with van der Waals surface area (Å²) in [6, 6.07) is 0. The van der Waals surface area contributed by atoms with E-state index in [2.05, 4.69) is 11.2 Å². The summed E-state index contributed by atoms with van der Waals surface area (Å²) in [6.07, 6.45) is 7.87. The quantitative estimate of drug-likeness (QED) is 0.523. The van der Waals surface area contributed by atoms with Crippen LogP contribution in [0.2, 0.25) is 0 Å². The third kappa shape index (κ3) is 2.78. The summed E-state index contributed by atoms with van der Waals surface area (Å²) in [5, 5.41) is 3.01. The van der Waals surface area contributed by atoms with Gasteiger partial charge in [0.1, 0.15) is 0 Å². The van der Waals surface area contributed by atoms with Crippen LogP contribution in [-0.4, -0.2) is 23.5 Å². The van der Waals surface area contributed by atoms with Gasteiger partial charge < -0.3 is 5.32 Å². The molecule has 1 fully saturated rings. The molecule has 66 valence electrons. The number of hydrogen-bond acceptors (Lipinski definition) is 2. The molecule has 1 atom stereocenters. The summed E-state index contributed by atoms with van der Waals surface area (Å²) in [6.45, 7) is 0.617. The lowest BCUT2D eigenvalue weighted by molar-refractivity contribution is -0.120. The topological polar surface area (TPSA) is 29.1 Å². The van der Waals surface area contributed by atoms with E-state index in [9.17, 15) is 4.79 Å². The summed E-state index contributed by atoms with van der Waals surface area (Å²) in [5.74, 6) is 3.77. The zero-order valence-electron chi connectivity index (χ0n) is 7.01. The van der Waals surface area contributed by atoms with Crippen molar-refractivity contribution < 1.29 is 4.79 Å². The zero-order chi connectivity index (χ0) is 8.81. The van der Waals surface area contributed by atoms with Crippen LogP contribution in [0.25, 0.3) is 0 Å². The van der Waals surface area contributed by atoms with Crippen molar-refractivity contribution in [3.05, 3.63) is 0 Å². The number of carbonyl (C=O) groups excluding carboxylic acids is 1. The highest BCUT2D eigenvalue weighted by Gasteiger charge is 2.22. The Kier molecular flexibility index (Phi) is 4.02. The molecule has 1 aliphatic heterocycles. The Hall–Kier alpha value is -0.620. The van der Waals surface area contributed by atoms with Crippen molar-refractivity contribution in [2.24, 2.45) is 0 Å². The third-order valence-corrected chi connectivity index (χ3v) is 3.17. The lowest BCUT2D eigenvalue weighted by Crippen LogP contribution is -2.31. The van der Waals surface area contributed by atoms with Crippen molar-refractivity contribution >= 4 is 17.7 Å². The van der Waals surface area contributed by atoms with Gasteiger partial charge in [0.2, 0.25) is 5.91 Å². The molecule has 3 heteroatoms. The minimum Gasteiger partial charge on any atom is -0.354 e. The largest absolute Gasteiger partial charge is 0.354 e. The van der Waals surface area contributed by atoms with E-state index < -0.39 is 0 Å². The van der Waals surface area contributed by atoms with Gasteiger partial charge in [-0.1, -0.05) is 0 Å². The Morgan fingerprint density at radius 1 is 1.75 bits per heavy atom. The number of rotatable bonds is 3. The first kappa shape index (κ1) is 9.47. The van der Waals surface area contributed by atoms with Gasteiger partial charge in [-0.2, -0.15) is 0 Å². The Balaban J connectivity index is 2.15. The molecule has 1 amide bonds. The molecule has 1 N–H and O–H groups in total. The number of thioether (sulfide) groups is 1. The van der Waals surface area contributed by atoms with E-state index >= 15 is 0 Å². The second-order valence-electron chi connectivity index (χ2n) is 2.75. The highest BCUT2D eigenvalue weighted by Crippen LogP contribution is 2.25. The average molecular weight is 183 g/mol. The van der Waals surface area contributed by atoms with Gasteiger partial charge in [0.05, 0.1) is 5.25 Å². The van der Waals surface area contributed by atoms with Crippen LogP contribution in [0.3, 0.4) is 0 Å². The lowest BCUT2D eigenvalue weighted by atomic mass is 10.2. The van der Waals surface area contributed by atoms with E-state index in [0.29, 0.717) is 13.0 Å². The Labute approximate surface area is 77.5 Å². The molecule has 12 heavy (non-hydrogen) atoms. The van der Waals surface area contributed by atoms with Crippen molar-refractivity contribution in [2.75, 3.05) is 12.3 Å². The van der Waals surface area contributed by atoms with Crippen molar-refractivity contribution in [2.45, 2.75) is 24.5 Å². The molecule has 0 radical (unpaired) electrons. The minimum absolute atomic E-state index is 0.160. The van der Waals surface area contributed by atoms with Crippen molar-refractivity contribution in [3.8, 4) is 12.3 Å². The predicted octanol–water partition coefficient (Wildman–Crippen LogP) is 1.02.